The molecule has 3 heterocycles. The summed E-state index contributed by atoms with van der Waals surface area (Å²) in [4.78, 5) is 8.28. The zero-order chi connectivity index (χ0) is 18.5. The number of benzene rings is 3. The van der Waals surface area contributed by atoms with Gasteiger partial charge in [-0.1, -0.05) is 60.7 Å². The maximum absolute atomic E-state index is 4.64. The van der Waals surface area contributed by atoms with Crippen molar-refractivity contribution in [2.75, 3.05) is 0 Å². The van der Waals surface area contributed by atoms with E-state index in [0.717, 1.165) is 22.4 Å². The topological polar surface area (TPSA) is 33.6 Å². The van der Waals surface area contributed by atoms with Crippen molar-refractivity contribution in [3.05, 3.63) is 97.2 Å². The van der Waals surface area contributed by atoms with E-state index in [1.54, 1.807) is 0 Å². The largest absolute Gasteiger partial charge is 0.353 e. The number of hydrogen-bond acceptors (Lipinski definition) is 1. The Morgan fingerprint density at radius 3 is 2.36 bits per heavy atom. The second-order valence-corrected chi connectivity index (χ2v) is 7.02. The van der Waals surface area contributed by atoms with Crippen LogP contribution in [0.1, 0.15) is 0 Å². The lowest BCUT2D eigenvalue weighted by Gasteiger charge is -2.07. The summed E-state index contributed by atoms with van der Waals surface area (Å²) in [6.07, 6.45) is 1.85. The molecule has 0 aliphatic rings. The third-order valence-corrected chi connectivity index (χ3v) is 5.39. The van der Waals surface area contributed by atoms with Crippen molar-refractivity contribution in [2.45, 2.75) is 0 Å². The molecule has 0 saturated carbocycles. The van der Waals surface area contributed by atoms with E-state index >= 15 is 0 Å². The molecule has 0 bridgehead atoms. The molecule has 0 unspecified atom stereocenters. The Balaban J connectivity index is 1.77. The lowest BCUT2D eigenvalue weighted by molar-refractivity contribution is 1.08. The molecular formula is C25H17N3. The normalized spacial score (nSPS) is 11.6. The van der Waals surface area contributed by atoms with Gasteiger partial charge < -0.3 is 4.98 Å². The van der Waals surface area contributed by atoms with E-state index in [-0.39, 0.29) is 0 Å². The summed E-state index contributed by atoms with van der Waals surface area (Å²) in [6.45, 7) is 0. The first-order valence-corrected chi connectivity index (χ1v) is 9.42. The van der Waals surface area contributed by atoms with Gasteiger partial charge in [0.1, 0.15) is 5.82 Å². The Hall–Kier alpha value is -3.85. The SMILES string of the molecule is c1ccc(-c2ccc3c(c2)c2[nH]c4ccccc4c2n3-c2ccccn2)cc1. The summed E-state index contributed by atoms with van der Waals surface area (Å²) in [7, 11) is 0. The summed E-state index contributed by atoms with van der Waals surface area (Å²) >= 11 is 0. The van der Waals surface area contributed by atoms with E-state index in [2.05, 4.69) is 93.4 Å². The van der Waals surface area contributed by atoms with Gasteiger partial charge in [0.2, 0.25) is 0 Å². The third-order valence-electron chi connectivity index (χ3n) is 5.39. The lowest BCUT2D eigenvalue weighted by Crippen LogP contribution is -1.96. The predicted molar refractivity (Wildman–Crippen MR) is 116 cm³/mol. The lowest BCUT2D eigenvalue weighted by atomic mass is 10.0. The van der Waals surface area contributed by atoms with Crippen LogP contribution in [0.3, 0.4) is 0 Å². The van der Waals surface area contributed by atoms with E-state index < -0.39 is 0 Å². The van der Waals surface area contributed by atoms with Crippen LogP contribution >= 0.6 is 0 Å². The summed E-state index contributed by atoms with van der Waals surface area (Å²) in [6, 6.07) is 31.7. The van der Waals surface area contributed by atoms with Crippen molar-refractivity contribution < 1.29 is 0 Å². The summed E-state index contributed by atoms with van der Waals surface area (Å²) in [5.74, 6) is 0.930. The first kappa shape index (κ1) is 15.2. The van der Waals surface area contributed by atoms with Crippen molar-refractivity contribution in [3.63, 3.8) is 0 Å². The Morgan fingerprint density at radius 2 is 1.50 bits per heavy atom. The van der Waals surface area contributed by atoms with E-state index in [4.69, 9.17) is 0 Å². The monoisotopic (exact) mass is 359 g/mol. The van der Waals surface area contributed by atoms with Gasteiger partial charge in [0, 0.05) is 22.5 Å². The minimum atomic E-state index is 0.930. The van der Waals surface area contributed by atoms with Gasteiger partial charge in [0.25, 0.3) is 0 Å². The molecule has 0 aliphatic carbocycles. The second kappa shape index (κ2) is 5.83. The highest BCUT2D eigenvalue weighted by atomic mass is 15.1. The molecule has 3 aromatic carbocycles. The maximum Gasteiger partial charge on any atom is 0.137 e. The summed E-state index contributed by atoms with van der Waals surface area (Å²) in [5, 5.41) is 2.42. The van der Waals surface area contributed by atoms with Crippen molar-refractivity contribution in [2.24, 2.45) is 0 Å². The van der Waals surface area contributed by atoms with E-state index in [9.17, 15) is 0 Å². The van der Waals surface area contributed by atoms with Crippen molar-refractivity contribution in [1.29, 1.82) is 0 Å². The fourth-order valence-electron chi connectivity index (χ4n) is 4.14. The maximum atomic E-state index is 4.64. The molecule has 0 fully saturated rings. The number of rotatable bonds is 2. The number of aromatic nitrogens is 3. The smallest absolute Gasteiger partial charge is 0.137 e. The van der Waals surface area contributed by atoms with Gasteiger partial charge in [-0.2, -0.15) is 0 Å². The molecular weight excluding hydrogens is 342 g/mol. The van der Waals surface area contributed by atoms with Crippen LogP contribution in [0.15, 0.2) is 97.2 Å². The van der Waals surface area contributed by atoms with Crippen LogP contribution < -0.4 is 0 Å². The Bertz CT molecular complexity index is 1440. The molecule has 132 valence electrons. The van der Waals surface area contributed by atoms with Crippen LogP contribution in [-0.2, 0) is 0 Å². The number of H-pyrrole nitrogens is 1. The van der Waals surface area contributed by atoms with E-state index in [1.807, 2.05) is 18.3 Å². The van der Waals surface area contributed by atoms with Gasteiger partial charge in [-0.05, 0) is 41.5 Å². The highest BCUT2D eigenvalue weighted by molar-refractivity contribution is 6.18. The fourth-order valence-corrected chi connectivity index (χ4v) is 4.14. The number of fused-ring (bicyclic) bond motifs is 5. The fraction of sp³-hybridized carbons (Fsp3) is 0. The van der Waals surface area contributed by atoms with Crippen molar-refractivity contribution in [3.8, 4) is 16.9 Å². The molecule has 1 N–H and O–H groups in total. The van der Waals surface area contributed by atoms with Gasteiger partial charge in [0.05, 0.1) is 16.6 Å². The van der Waals surface area contributed by atoms with Crippen LogP contribution in [0.4, 0.5) is 0 Å². The highest BCUT2D eigenvalue weighted by Crippen LogP contribution is 2.37. The molecule has 0 spiro atoms. The van der Waals surface area contributed by atoms with E-state index in [0.29, 0.717) is 0 Å². The first-order chi connectivity index (χ1) is 13.9. The van der Waals surface area contributed by atoms with Crippen molar-refractivity contribution >= 4 is 32.8 Å². The average molecular weight is 359 g/mol. The molecule has 6 rings (SSSR count). The van der Waals surface area contributed by atoms with Gasteiger partial charge in [0.15, 0.2) is 0 Å². The third kappa shape index (κ3) is 2.13. The van der Waals surface area contributed by atoms with Crippen LogP contribution in [0.2, 0.25) is 0 Å². The van der Waals surface area contributed by atoms with Gasteiger partial charge in [-0.25, -0.2) is 4.98 Å². The summed E-state index contributed by atoms with van der Waals surface area (Å²) < 4.78 is 2.26. The van der Waals surface area contributed by atoms with Gasteiger partial charge in [-0.15, -0.1) is 0 Å². The zero-order valence-corrected chi connectivity index (χ0v) is 15.1. The Kier molecular flexibility index (Phi) is 3.17. The first-order valence-electron chi connectivity index (χ1n) is 9.42. The number of aromatic amines is 1. The molecule has 3 aromatic heterocycles. The van der Waals surface area contributed by atoms with Gasteiger partial charge >= 0.3 is 0 Å². The quantitative estimate of drug-likeness (QED) is 0.385. The molecule has 0 atom stereocenters. The Labute approximate surface area is 161 Å². The molecule has 0 amide bonds. The minimum Gasteiger partial charge on any atom is -0.353 e. The number of nitrogens with zero attached hydrogens (tertiary/aromatic N) is 2. The highest BCUT2D eigenvalue weighted by Gasteiger charge is 2.18. The second-order valence-electron chi connectivity index (χ2n) is 7.02. The van der Waals surface area contributed by atoms with Crippen LogP contribution in [0.5, 0.6) is 0 Å². The standard InChI is InChI=1S/C25H17N3/c1-2-8-17(9-3-1)18-13-14-22-20(16-18)24-25(19-10-4-5-11-21(19)27-24)28(22)23-12-6-7-15-26-23/h1-16,27H. The molecule has 6 aromatic rings. The number of hydrogen-bond donors (Lipinski definition) is 1. The number of para-hydroxylation sites is 1. The summed E-state index contributed by atoms with van der Waals surface area (Å²) in [5.41, 5.74) is 7.06. The average Bonchev–Trinajstić information content (AvgIpc) is 3.29. The molecule has 0 saturated heterocycles. The molecule has 0 aliphatic heterocycles. The molecule has 0 radical (unpaired) electrons. The van der Waals surface area contributed by atoms with Gasteiger partial charge in [-0.3, -0.25) is 4.57 Å². The minimum absolute atomic E-state index is 0.930. The van der Waals surface area contributed by atoms with E-state index in [1.165, 1.54) is 27.4 Å². The van der Waals surface area contributed by atoms with Crippen LogP contribution in [-0.4, -0.2) is 14.5 Å². The Morgan fingerprint density at radius 1 is 0.679 bits per heavy atom. The van der Waals surface area contributed by atoms with Crippen LogP contribution in [0.25, 0.3) is 49.8 Å². The number of nitrogens with one attached hydrogen (secondary N) is 1. The molecule has 3 nitrogen and oxygen atoms in total. The molecule has 28 heavy (non-hydrogen) atoms. The predicted octanol–water partition coefficient (Wildman–Crippen LogP) is 6.33. The number of pyridine rings is 1. The van der Waals surface area contributed by atoms with Crippen LogP contribution in [0, 0.1) is 0 Å². The van der Waals surface area contributed by atoms with Crippen molar-refractivity contribution in [1.82, 2.24) is 14.5 Å². The zero-order valence-electron chi connectivity index (χ0n) is 15.1. The molecule has 3 heteroatoms.